The first kappa shape index (κ1) is 36.8. The Kier molecular flexibility index (Phi) is 8.58. The third-order valence-electron chi connectivity index (χ3n) is 13.5. The van der Waals surface area contributed by atoms with Crippen LogP contribution in [0.15, 0.2) is 212 Å². The highest BCUT2D eigenvalue weighted by Crippen LogP contribution is 2.66. The van der Waals surface area contributed by atoms with Crippen molar-refractivity contribution in [3.05, 3.63) is 246 Å². The predicted molar refractivity (Wildman–Crippen MR) is 257 cm³/mol. The van der Waals surface area contributed by atoms with Gasteiger partial charge in [0.05, 0.1) is 16.8 Å². The number of anilines is 3. The number of fused-ring (bicyclic) bond motifs is 9. The second-order valence-electron chi connectivity index (χ2n) is 16.8. The molecule has 0 radical (unpaired) electrons. The van der Waals surface area contributed by atoms with Crippen LogP contribution in [0.1, 0.15) is 61.1 Å². The molecule has 0 spiro atoms. The summed E-state index contributed by atoms with van der Waals surface area (Å²) in [5.74, 6) is 0. The summed E-state index contributed by atoms with van der Waals surface area (Å²) in [4.78, 5) is 2.56. The van der Waals surface area contributed by atoms with Crippen LogP contribution in [0, 0.1) is 0 Å². The fraction of sp³-hybridized carbons (Fsp3) is 0.100. The van der Waals surface area contributed by atoms with Crippen LogP contribution in [0.5, 0.6) is 0 Å². The summed E-state index contributed by atoms with van der Waals surface area (Å²) in [6.07, 6.45) is 0. The zero-order chi connectivity index (χ0) is 41.3. The van der Waals surface area contributed by atoms with Gasteiger partial charge in [0.25, 0.3) is 0 Å². The van der Waals surface area contributed by atoms with Crippen LogP contribution < -0.4 is 4.90 Å². The van der Waals surface area contributed by atoms with Gasteiger partial charge >= 0.3 is 0 Å². The molecule has 3 aliphatic rings. The fourth-order valence-electron chi connectivity index (χ4n) is 10.9. The monoisotopic (exact) mass is 781 g/mol. The topological polar surface area (TPSA) is 3.24 Å². The molecule has 0 amide bonds. The Labute approximate surface area is 360 Å². The van der Waals surface area contributed by atoms with Gasteiger partial charge in [-0.05, 0) is 114 Å². The Morgan fingerprint density at radius 1 is 0.311 bits per heavy atom. The summed E-state index contributed by atoms with van der Waals surface area (Å²) in [6, 6.07) is 79.3. The number of para-hydroxylation sites is 2. The summed E-state index contributed by atoms with van der Waals surface area (Å²) in [5, 5.41) is 0. The summed E-state index contributed by atoms with van der Waals surface area (Å²) >= 11 is 0. The molecule has 1 atom stereocenters. The third-order valence-corrected chi connectivity index (χ3v) is 13.5. The van der Waals surface area contributed by atoms with Gasteiger partial charge in [-0.3, -0.25) is 0 Å². The maximum absolute atomic E-state index is 2.56. The molecule has 0 aliphatic heterocycles. The number of hydrogen-bond acceptors (Lipinski definition) is 1. The van der Waals surface area contributed by atoms with Crippen LogP contribution >= 0.6 is 0 Å². The van der Waals surface area contributed by atoms with Gasteiger partial charge in [-0.1, -0.05) is 210 Å². The average molecular weight is 782 g/mol. The maximum atomic E-state index is 2.56. The van der Waals surface area contributed by atoms with Gasteiger partial charge in [0.1, 0.15) is 0 Å². The fourth-order valence-corrected chi connectivity index (χ4v) is 10.9. The molecule has 0 saturated heterocycles. The molecular formula is C60H47N. The summed E-state index contributed by atoms with van der Waals surface area (Å²) in [7, 11) is 0. The number of nitrogens with zero attached hydrogens (tertiary/aromatic N) is 1. The average Bonchev–Trinajstić information content (AvgIpc) is 3.89. The van der Waals surface area contributed by atoms with E-state index in [0.717, 1.165) is 11.4 Å². The van der Waals surface area contributed by atoms with E-state index < -0.39 is 5.41 Å². The van der Waals surface area contributed by atoms with Gasteiger partial charge in [-0.2, -0.15) is 0 Å². The van der Waals surface area contributed by atoms with Crippen molar-refractivity contribution in [2.24, 2.45) is 0 Å². The standard InChI is InChI=1S/C58H41N.C2H6/c1-57(2)49-27-12-9-23-43(49)45-34-33-41(37-53(45)57)59(54-30-15-11-22-42(54)39-20-7-4-8-21-39)55-31-16-14-29-52(55)58-50-28-13-10-24-44(50)46-25-17-26-47(56(46)58)48-36-40(32-35-51(48)58)38-18-5-3-6-19-38;1-2/h3-37H,1-2H3;1-2H3. The Morgan fingerprint density at radius 2 is 0.820 bits per heavy atom. The van der Waals surface area contributed by atoms with Crippen LogP contribution in [-0.4, -0.2) is 0 Å². The van der Waals surface area contributed by atoms with Gasteiger partial charge in [-0.15, -0.1) is 0 Å². The molecule has 9 aromatic rings. The van der Waals surface area contributed by atoms with Gasteiger partial charge in [-0.25, -0.2) is 0 Å². The first-order chi connectivity index (χ1) is 30.0. The largest absolute Gasteiger partial charge is 0.310 e. The Morgan fingerprint density at radius 3 is 1.54 bits per heavy atom. The van der Waals surface area contributed by atoms with Gasteiger partial charge in [0.2, 0.25) is 0 Å². The molecule has 0 saturated carbocycles. The van der Waals surface area contributed by atoms with E-state index in [2.05, 4.69) is 231 Å². The Balaban J connectivity index is 0.00000207. The molecule has 0 N–H and O–H groups in total. The Bertz CT molecular complexity index is 3140. The van der Waals surface area contributed by atoms with Crippen LogP contribution in [0.3, 0.4) is 0 Å². The van der Waals surface area contributed by atoms with E-state index in [-0.39, 0.29) is 5.41 Å². The lowest BCUT2D eigenvalue weighted by Gasteiger charge is -2.37. The van der Waals surface area contributed by atoms with Gasteiger partial charge in [0.15, 0.2) is 0 Å². The van der Waals surface area contributed by atoms with E-state index in [1.807, 2.05) is 13.8 Å². The second kappa shape index (κ2) is 14.2. The number of rotatable bonds is 6. The van der Waals surface area contributed by atoms with E-state index in [4.69, 9.17) is 0 Å². The highest BCUT2D eigenvalue weighted by atomic mass is 15.1. The quantitative estimate of drug-likeness (QED) is 0.162. The van der Waals surface area contributed by atoms with E-state index in [0.29, 0.717) is 0 Å². The lowest BCUT2D eigenvalue weighted by molar-refractivity contribution is 0.660. The van der Waals surface area contributed by atoms with E-state index >= 15 is 0 Å². The van der Waals surface area contributed by atoms with Crippen molar-refractivity contribution in [3.63, 3.8) is 0 Å². The molecular weight excluding hydrogens is 735 g/mol. The van der Waals surface area contributed by atoms with Crippen molar-refractivity contribution in [1.29, 1.82) is 0 Å². The molecule has 0 aromatic heterocycles. The molecule has 3 aliphatic carbocycles. The maximum Gasteiger partial charge on any atom is 0.0745 e. The molecule has 1 heteroatoms. The van der Waals surface area contributed by atoms with Crippen molar-refractivity contribution >= 4 is 17.1 Å². The van der Waals surface area contributed by atoms with Crippen molar-refractivity contribution in [1.82, 2.24) is 0 Å². The molecule has 12 rings (SSSR count). The predicted octanol–water partition coefficient (Wildman–Crippen LogP) is 16.2. The minimum absolute atomic E-state index is 0.149. The summed E-state index contributed by atoms with van der Waals surface area (Å²) in [6.45, 7) is 8.76. The van der Waals surface area contributed by atoms with Crippen LogP contribution in [0.25, 0.3) is 55.6 Å². The van der Waals surface area contributed by atoms with Gasteiger partial charge < -0.3 is 4.90 Å². The zero-order valence-corrected chi connectivity index (χ0v) is 35.2. The lowest BCUT2D eigenvalue weighted by atomic mass is 9.69. The SMILES string of the molecule is CC.CC1(C)c2ccccc2-c2ccc(N(c3ccccc3-c3ccccc3)c3ccccc3C34c5ccccc5-c5cccc(c53)-c3cc(-c5ccccc5)ccc34)cc21. The number of benzene rings is 9. The van der Waals surface area contributed by atoms with E-state index in [9.17, 15) is 0 Å². The highest BCUT2D eigenvalue weighted by Gasteiger charge is 2.53. The highest BCUT2D eigenvalue weighted by molar-refractivity contribution is 6.02. The second-order valence-corrected chi connectivity index (χ2v) is 16.8. The van der Waals surface area contributed by atoms with Crippen molar-refractivity contribution in [2.75, 3.05) is 4.90 Å². The smallest absolute Gasteiger partial charge is 0.0745 e. The molecule has 0 bridgehead atoms. The number of hydrogen-bond donors (Lipinski definition) is 0. The van der Waals surface area contributed by atoms with Crippen LogP contribution in [0.4, 0.5) is 17.1 Å². The van der Waals surface area contributed by atoms with Crippen LogP contribution in [-0.2, 0) is 10.8 Å². The van der Waals surface area contributed by atoms with Gasteiger partial charge in [0, 0.05) is 16.7 Å². The summed E-state index contributed by atoms with van der Waals surface area (Å²) < 4.78 is 0. The van der Waals surface area contributed by atoms with E-state index in [1.165, 1.54) is 94.7 Å². The van der Waals surface area contributed by atoms with E-state index in [1.54, 1.807) is 0 Å². The van der Waals surface area contributed by atoms with Crippen molar-refractivity contribution < 1.29 is 0 Å². The first-order valence-corrected chi connectivity index (χ1v) is 21.8. The van der Waals surface area contributed by atoms with Crippen molar-refractivity contribution in [3.8, 4) is 55.6 Å². The molecule has 9 aromatic carbocycles. The normalized spacial score (nSPS) is 15.4. The third kappa shape index (κ3) is 5.26. The zero-order valence-electron chi connectivity index (χ0n) is 35.2. The molecule has 0 fully saturated rings. The molecule has 1 unspecified atom stereocenters. The first-order valence-electron chi connectivity index (χ1n) is 21.8. The summed E-state index contributed by atoms with van der Waals surface area (Å²) in [5.41, 5.74) is 23.6. The minimum atomic E-state index is -0.546. The molecule has 1 nitrogen and oxygen atoms in total. The van der Waals surface area contributed by atoms with Crippen LogP contribution in [0.2, 0.25) is 0 Å². The van der Waals surface area contributed by atoms with Crippen molar-refractivity contribution in [2.45, 2.75) is 38.5 Å². The Hall–Kier alpha value is -7.22. The molecule has 292 valence electrons. The molecule has 61 heavy (non-hydrogen) atoms. The molecule has 0 heterocycles. The minimum Gasteiger partial charge on any atom is -0.310 e. The lowest BCUT2D eigenvalue weighted by Crippen LogP contribution is -2.29.